The van der Waals surface area contributed by atoms with E-state index >= 15 is 0 Å². The van der Waals surface area contributed by atoms with Gasteiger partial charge in [-0.15, -0.1) is 0 Å². The highest BCUT2D eigenvalue weighted by Gasteiger charge is 2.45. The highest BCUT2D eigenvalue weighted by molar-refractivity contribution is 7.95. The Morgan fingerprint density at radius 3 is 1.31 bits per heavy atom. The first-order valence-electron chi connectivity index (χ1n) is 8.61. The number of aliphatic hydroxyl groups excluding tert-OH is 1. The van der Waals surface area contributed by atoms with Crippen molar-refractivity contribution in [2.24, 2.45) is 0 Å². The first-order valence-corrected chi connectivity index (χ1v) is 10.5. The third kappa shape index (κ3) is 4.13. The van der Waals surface area contributed by atoms with Crippen LogP contribution in [-0.4, -0.2) is 57.4 Å². The van der Waals surface area contributed by atoms with Gasteiger partial charge in [-0.05, 0) is 24.3 Å². The maximum Gasteiger partial charge on any atom is 0.236 e. The molecule has 0 aromatic heterocycles. The summed E-state index contributed by atoms with van der Waals surface area (Å²) in [4.78, 5) is 26.8. The summed E-state index contributed by atoms with van der Waals surface area (Å²) in [6.07, 6.45) is -0.549. The van der Waals surface area contributed by atoms with Crippen LogP contribution in [0, 0.1) is 0 Å². The normalized spacial score (nSPS) is 10.9. The lowest BCUT2D eigenvalue weighted by Gasteiger charge is -2.20. The van der Waals surface area contributed by atoms with Crippen molar-refractivity contribution in [1.29, 1.82) is 0 Å². The van der Waals surface area contributed by atoms with Gasteiger partial charge in [0.15, 0.2) is 0 Å². The van der Waals surface area contributed by atoms with Gasteiger partial charge in [0.1, 0.15) is 34.1 Å². The molecule has 0 heterocycles. The SMILES string of the molecule is COc1cccc(OC)c1C(=O)P(=O)(CCO)C(=O)c1c(OC)cccc1OC. The largest absolute Gasteiger partial charge is 0.496 e. The van der Waals surface area contributed by atoms with Gasteiger partial charge in [-0.1, -0.05) is 12.1 Å². The highest BCUT2D eigenvalue weighted by atomic mass is 31.2. The van der Waals surface area contributed by atoms with Crippen molar-refractivity contribution in [3.8, 4) is 23.0 Å². The number of carbonyl (C=O) groups is 2. The molecule has 0 bridgehead atoms. The van der Waals surface area contributed by atoms with E-state index < -0.39 is 31.0 Å². The number of ether oxygens (including phenoxy) is 4. The average Bonchev–Trinajstić information content (AvgIpc) is 2.76. The van der Waals surface area contributed by atoms with Crippen LogP contribution in [-0.2, 0) is 4.57 Å². The van der Waals surface area contributed by atoms with Crippen molar-refractivity contribution >= 4 is 18.2 Å². The Morgan fingerprint density at radius 2 is 1.07 bits per heavy atom. The Kier molecular flexibility index (Phi) is 7.42. The van der Waals surface area contributed by atoms with Crippen LogP contribution < -0.4 is 18.9 Å². The molecule has 0 amide bonds. The summed E-state index contributed by atoms with van der Waals surface area (Å²) in [5.41, 5.74) is -2.20. The molecule has 2 aromatic rings. The molecule has 0 aliphatic rings. The van der Waals surface area contributed by atoms with Gasteiger partial charge in [-0.2, -0.15) is 0 Å². The summed E-state index contributed by atoms with van der Waals surface area (Å²) in [5.74, 6) is 0.416. The van der Waals surface area contributed by atoms with Crippen LogP contribution in [0.5, 0.6) is 23.0 Å². The fourth-order valence-corrected chi connectivity index (χ4v) is 4.96. The molecule has 0 radical (unpaired) electrons. The van der Waals surface area contributed by atoms with Gasteiger partial charge in [0.2, 0.25) is 18.2 Å². The maximum atomic E-state index is 13.8. The fourth-order valence-electron chi connectivity index (χ4n) is 2.92. The van der Waals surface area contributed by atoms with E-state index in [-0.39, 0.29) is 34.1 Å². The molecule has 2 rings (SSSR count). The van der Waals surface area contributed by atoms with E-state index in [1.54, 1.807) is 12.1 Å². The van der Waals surface area contributed by atoms with Crippen LogP contribution in [0.2, 0.25) is 0 Å². The van der Waals surface area contributed by atoms with E-state index in [0.717, 1.165) is 0 Å². The van der Waals surface area contributed by atoms with Gasteiger partial charge in [0.05, 0.1) is 35.0 Å². The number of rotatable bonds is 10. The monoisotopic (exact) mass is 422 g/mol. The molecular weight excluding hydrogens is 399 g/mol. The van der Waals surface area contributed by atoms with Gasteiger partial charge in [0, 0.05) is 6.16 Å². The molecule has 29 heavy (non-hydrogen) atoms. The first kappa shape index (κ1) is 22.5. The molecule has 0 fully saturated rings. The van der Waals surface area contributed by atoms with Crippen LogP contribution in [0.1, 0.15) is 20.7 Å². The van der Waals surface area contributed by atoms with Crippen LogP contribution in [0.15, 0.2) is 36.4 Å². The average molecular weight is 422 g/mol. The Morgan fingerprint density at radius 1 is 0.759 bits per heavy atom. The van der Waals surface area contributed by atoms with Crippen molar-refractivity contribution in [2.75, 3.05) is 41.2 Å². The number of aliphatic hydroxyl groups is 1. The second kappa shape index (κ2) is 9.58. The molecule has 8 nitrogen and oxygen atoms in total. The standard InChI is InChI=1S/C20H23O8P/c1-25-13-7-5-8-14(26-2)17(13)19(22)29(24,12-11-21)20(23)18-15(27-3)9-6-10-16(18)28-4/h5-10,21H,11-12H2,1-4H3. The second-order valence-electron chi connectivity index (χ2n) is 5.87. The molecule has 156 valence electrons. The lowest BCUT2D eigenvalue weighted by atomic mass is 10.2. The molecule has 0 aliphatic carbocycles. The molecular formula is C20H23O8P. The first-order chi connectivity index (χ1) is 13.9. The number of benzene rings is 2. The Bertz CT molecular complexity index is 837. The molecule has 0 aliphatic heterocycles. The zero-order valence-electron chi connectivity index (χ0n) is 16.6. The smallest absolute Gasteiger partial charge is 0.236 e. The summed E-state index contributed by atoms with van der Waals surface area (Å²) in [6, 6.07) is 9.16. The second-order valence-corrected chi connectivity index (χ2v) is 8.61. The van der Waals surface area contributed by atoms with E-state index in [1.165, 1.54) is 52.7 Å². The summed E-state index contributed by atoms with van der Waals surface area (Å²) >= 11 is 0. The molecule has 2 aromatic carbocycles. The van der Waals surface area contributed by atoms with Gasteiger partial charge in [0.25, 0.3) is 0 Å². The third-order valence-corrected chi connectivity index (χ3v) is 6.94. The predicted octanol–water partition coefficient (Wildman–Crippen LogP) is 3.06. The minimum absolute atomic E-state index is 0.104. The zero-order valence-corrected chi connectivity index (χ0v) is 17.5. The minimum Gasteiger partial charge on any atom is -0.496 e. The summed E-state index contributed by atoms with van der Waals surface area (Å²) in [5, 5.41) is 9.50. The lowest BCUT2D eigenvalue weighted by Crippen LogP contribution is -2.18. The van der Waals surface area contributed by atoms with Gasteiger partial charge in [-0.25, -0.2) is 0 Å². The molecule has 1 N–H and O–H groups in total. The summed E-state index contributed by atoms with van der Waals surface area (Å²) < 4.78 is 34.7. The fraction of sp³-hybridized carbons (Fsp3) is 0.300. The zero-order chi connectivity index (χ0) is 21.6. The van der Waals surface area contributed by atoms with E-state index in [1.807, 2.05) is 0 Å². The van der Waals surface area contributed by atoms with Gasteiger partial charge < -0.3 is 28.6 Å². The minimum atomic E-state index is -4.35. The Balaban J connectivity index is 2.72. The quantitative estimate of drug-likeness (QED) is 0.582. The Labute approximate surface area is 168 Å². The van der Waals surface area contributed by atoms with E-state index in [2.05, 4.69) is 0 Å². The van der Waals surface area contributed by atoms with Crippen molar-refractivity contribution in [3.05, 3.63) is 47.5 Å². The van der Waals surface area contributed by atoms with Crippen LogP contribution in [0.3, 0.4) is 0 Å². The summed E-state index contributed by atoms with van der Waals surface area (Å²) in [6.45, 7) is -0.635. The molecule has 0 atom stereocenters. The van der Waals surface area contributed by atoms with Crippen molar-refractivity contribution in [1.82, 2.24) is 0 Å². The van der Waals surface area contributed by atoms with Crippen molar-refractivity contribution in [3.63, 3.8) is 0 Å². The highest BCUT2D eigenvalue weighted by Crippen LogP contribution is 2.56. The number of hydrogen-bond acceptors (Lipinski definition) is 8. The topological polar surface area (TPSA) is 108 Å². The van der Waals surface area contributed by atoms with Crippen LogP contribution in [0.25, 0.3) is 0 Å². The Hall–Kier alpha value is -2.83. The lowest BCUT2D eigenvalue weighted by molar-refractivity contribution is 0.103. The van der Waals surface area contributed by atoms with Crippen LogP contribution >= 0.6 is 7.14 Å². The van der Waals surface area contributed by atoms with E-state index in [9.17, 15) is 19.3 Å². The third-order valence-electron chi connectivity index (χ3n) is 4.35. The maximum absolute atomic E-state index is 13.8. The van der Waals surface area contributed by atoms with E-state index in [4.69, 9.17) is 18.9 Å². The molecule has 0 unspecified atom stereocenters. The molecule has 0 saturated carbocycles. The van der Waals surface area contributed by atoms with Crippen LogP contribution in [0.4, 0.5) is 0 Å². The number of carbonyl (C=O) groups excluding carboxylic acids is 2. The predicted molar refractivity (Wildman–Crippen MR) is 107 cm³/mol. The molecule has 0 saturated heterocycles. The molecule has 0 spiro atoms. The van der Waals surface area contributed by atoms with Gasteiger partial charge >= 0.3 is 0 Å². The van der Waals surface area contributed by atoms with Crippen molar-refractivity contribution in [2.45, 2.75) is 0 Å². The number of methoxy groups -OCH3 is 4. The number of hydrogen-bond donors (Lipinski definition) is 1. The van der Waals surface area contributed by atoms with E-state index in [0.29, 0.717) is 0 Å². The molecule has 9 heteroatoms. The van der Waals surface area contributed by atoms with Crippen molar-refractivity contribution < 1.29 is 38.2 Å². The van der Waals surface area contributed by atoms with Gasteiger partial charge in [-0.3, -0.25) is 9.59 Å². The summed E-state index contributed by atoms with van der Waals surface area (Å²) in [7, 11) is 1.01.